The monoisotopic (exact) mass is 254 g/mol. The summed E-state index contributed by atoms with van der Waals surface area (Å²) in [6, 6.07) is 5.15. The minimum Gasteiger partial charge on any atom is -0.493 e. The van der Waals surface area contributed by atoms with E-state index in [2.05, 4.69) is 11.4 Å². The van der Waals surface area contributed by atoms with Gasteiger partial charge >= 0.3 is 0 Å². The lowest BCUT2D eigenvalue weighted by molar-refractivity contribution is 0.267. The third-order valence-electron chi connectivity index (χ3n) is 2.52. The van der Waals surface area contributed by atoms with Gasteiger partial charge in [0.25, 0.3) is 0 Å². The first-order valence-electron chi connectivity index (χ1n) is 5.74. The fourth-order valence-corrected chi connectivity index (χ4v) is 1.56. The Balaban J connectivity index is 2.53. The summed E-state index contributed by atoms with van der Waals surface area (Å²) < 4.78 is 31.0. The second-order valence-corrected chi connectivity index (χ2v) is 4.18. The SMILES string of the molecule is CCNC(C)(C#N)CCOc1cc(F)cc(F)c1. The number of hydrogen-bond donors (Lipinski definition) is 1. The van der Waals surface area contributed by atoms with Gasteiger partial charge in [0, 0.05) is 24.6 Å². The van der Waals surface area contributed by atoms with Crippen molar-refractivity contribution in [2.75, 3.05) is 13.2 Å². The van der Waals surface area contributed by atoms with Gasteiger partial charge in [0.1, 0.15) is 22.9 Å². The number of rotatable bonds is 6. The molecular weight excluding hydrogens is 238 g/mol. The van der Waals surface area contributed by atoms with Crippen LogP contribution in [0.2, 0.25) is 0 Å². The lowest BCUT2D eigenvalue weighted by Crippen LogP contribution is -2.42. The predicted octanol–water partition coefficient (Wildman–Crippen LogP) is 2.63. The van der Waals surface area contributed by atoms with E-state index in [0.29, 0.717) is 13.0 Å². The van der Waals surface area contributed by atoms with Crippen molar-refractivity contribution in [3.05, 3.63) is 29.8 Å². The Kier molecular flexibility index (Phi) is 5.05. The number of hydrogen-bond acceptors (Lipinski definition) is 3. The highest BCUT2D eigenvalue weighted by molar-refractivity contribution is 5.23. The highest BCUT2D eigenvalue weighted by atomic mass is 19.1. The fraction of sp³-hybridized carbons (Fsp3) is 0.462. The third kappa shape index (κ3) is 4.30. The Morgan fingerprint density at radius 1 is 1.33 bits per heavy atom. The average molecular weight is 254 g/mol. The topological polar surface area (TPSA) is 45.0 Å². The molecule has 0 bridgehead atoms. The smallest absolute Gasteiger partial charge is 0.129 e. The van der Waals surface area contributed by atoms with Crippen molar-refractivity contribution < 1.29 is 13.5 Å². The van der Waals surface area contributed by atoms with Gasteiger partial charge in [-0.3, -0.25) is 5.32 Å². The van der Waals surface area contributed by atoms with Crippen LogP contribution in [0.15, 0.2) is 18.2 Å². The number of nitriles is 1. The molecule has 0 radical (unpaired) electrons. The maximum absolute atomic E-state index is 12.9. The van der Waals surface area contributed by atoms with Crippen molar-refractivity contribution in [3.63, 3.8) is 0 Å². The molecule has 0 saturated heterocycles. The van der Waals surface area contributed by atoms with Gasteiger partial charge in [0.05, 0.1) is 12.7 Å². The first kappa shape index (κ1) is 14.4. The van der Waals surface area contributed by atoms with E-state index in [4.69, 9.17) is 10.00 Å². The van der Waals surface area contributed by atoms with Gasteiger partial charge < -0.3 is 4.74 Å². The van der Waals surface area contributed by atoms with Crippen LogP contribution in [0.3, 0.4) is 0 Å². The lowest BCUT2D eigenvalue weighted by atomic mass is 10.0. The highest BCUT2D eigenvalue weighted by Gasteiger charge is 2.22. The molecule has 1 aromatic carbocycles. The van der Waals surface area contributed by atoms with Crippen LogP contribution < -0.4 is 10.1 Å². The van der Waals surface area contributed by atoms with E-state index in [9.17, 15) is 8.78 Å². The van der Waals surface area contributed by atoms with Crippen LogP contribution in [-0.2, 0) is 0 Å². The third-order valence-corrected chi connectivity index (χ3v) is 2.52. The molecule has 0 fully saturated rings. The number of nitrogens with zero attached hydrogens (tertiary/aromatic N) is 1. The zero-order valence-corrected chi connectivity index (χ0v) is 10.5. The molecule has 0 aliphatic rings. The Morgan fingerprint density at radius 2 is 1.94 bits per heavy atom. The lowest BCUT2D eigenvalue weighted by Gasteiger charge is -2.22. The quantitative estimate of drug-likeness (QED) is 0.848. The van der Waals surface area contributed by atoms with Crippen molar-refractivity contribution in [3.8, 4) is 11.8 Å². The molecule has 1 N–H and O–H groups in total. The molecule has 18 heavy (non-hydrogen) atoms. The Morgan fingerprint density at radius 3 is 2.44 bits per heavy atom. The largest absolute Gasteiger partial charge is 0.493 e. The Hall–Kier alpha value is -1.67. The molecule has 0 amide bonds. The molecule has 0 saturated carbocycles. The standard InChI is InChI=1S/C13H16F2N2O/c1-3-17-13(2,9-16)4-5-18-12-7-10(14)6-11(15)8-12/h6-8,17H,3-5H2,1-2H3. The van der Waals surface area contributed by atoms with E-state index < -0.39 is 17.2 Å². The predicted molar refractivity (Wildman–Crippen MR) is 64.2 cm³/mol. The van der Waals surface area contributed by atoms with Crippen molar-refractivity contribution in [1.29, 1.82) is 5.26 Å². The summed E-state index contributed by atoms with van der Waals surface area (Å²) in [4.78, 5) is 0. The van der Waals surface area contributed by atoms with E-state index in [1.54, 1.807) is 6.92 Å². The van der Waals surface area contributed by atoms with Gasteiger partial charge in [0.2, 0.25) is 0 Å². The second kappa shape index (κ2) is 6.31. The number of ether oxygens (including phenoxy) is 1. The van der Waals surface area contributed by atoms with E-state index in [0.717, 1.165) is 18.2 Å². The Labute approximate surface area is 105 Å². The molecule has 0 aromatic heterocycles. The zero-order valence-electron chi connectivity index (χ0n) is 10.5. The molecule has 3 nitrogen and oxygen atoms in total. The Bertz CT molecular complexity index is 425. The van der Waals surface area contributed by atoms with Gasteiger partial charge in [-0.05, 0) is 13.5 Å². The van der Waals surface area contributed by atoms with E-state index in [-0.39, 0.29) is 12.4 Å². The maximum atomic E-state index is 12.9. The van der Waals surface area contributed by atoms with Gasteiger partial charge in [-0.25, -0.2) is 8.78 Å². The van der Waals surface area contributed by atoms with Crippen LogP contribution in [0.5, 0.6) is 5.75 Å². The molecule has 0 heterocycles. The first-order chi connectivity index (χ1) is 8.49. The molecule has 0 spiro atoms. The molecule has 98 valence electrons. The summed E-state index contributed by atoms with van der Waals surface area (Å²) in [5.74, 6) is -1.23. The molecule has 1 unspecified atom stereocenters. The normalized spacial score (nSPS) is 13.7. The van der Waals surface area contributed by atoms with Crippen molar-refractivity contribution in [1.82, 2.24) is 5.32 Å². The van der Waals surface area contributed by atoms with Crippen LogP contribution in [0.1, 0.15) is 20.3 Å². The average Bonchev–Trinajstić information content (AvgIpc) is 2.28. The first-order valence-corrected chi connectivity index (χ1v) is 5.74. The summed E-state index contributed by atoms with van der Waals surface area (Å²) >= 11 is 0. The van der Waals surface area contributed by atoms with Crippen LogP contribution in [0.4, 0.5) is 8.78 Å². The van der Waals surface area contributed by atoms with Gasteiger partial charge in [-0.2, -0.15) is 5.26 Å². The summed E-state index contributed by atoms with van der Waals surface area (Å²) in [6.07, 6.45) is 0.426. The molecular formula is C13H16F2N2O. The van der Waals surface area contributed by atoms with Gasteiger partial charge in [-0.15, -0.1) is 0 Å². The van der Waals surface area contributed by atoms with Crippen molar-refractivity contribution >= 4 is 0 Å². The van der Waals surface area contributed by atoms with Crippen LogP contribution in [0.25, 0.3) is 0 Å². The molecule has 1 rings (SSSR count). The summed E-state index contributed by atoms with van der Waals surface area (Å²) in [5, 5.41) is 12.0. The van der Waals surface area contributed by atoms with E-state index in [1.165, 1.54) is 0 Å². The maximum Gasteiger partial charge on any atom is 0.129 e. The molecule has 0 aliphatic heterocycles. The van der Waals surface area contributed by atoms with E-state index in [1.807, 2.05) is 6.92 Å². The molecule has 1 atom stereocenters. The zero-order chi connectivity index (χ0) is 13.6. The van der Waals surface area contributed by atoms with E-state index >= 15 is 0 Å². The molecule has 5 heteroatoms. The second-order valence-electron chi connectivity index (χ2n) is 4.18. The van der Waals surface area contributed by atoms with Crippen molar-refractivity contribution in [2.45, 2.75) is 25.8 Å². The van der Waals surface area contributed by atoms with Crippen LogP contribution >= 0.6 is 0 Å². The number of benzene rings is 1. The minimum absolute atomic E-state index is 0.129. The summed E-state index contributed by atoms with van der Waals surface area (Å²) in [5.41, 5.74) is -0.694. The molecule has 0 aliphatic carbocycles. The minimum atomic E-state index is -0.694. The van der Waals surface area contributed by atoms with Crippen molar-refractivity contribution in [2.24, 2.45) is 0 Å². The summed E-state index contributed by atoms with van der Waals surface area (Å²) in [6.45, 7) is 4.53. The number of halogens is 2. The van der Waals surface area contributed by atoms with Crippen LogP contribution in [0, 0.1) is 23.0 Å². The van der Waals surface area contributed by atoms with Crippen LogP contribution in [-0.4, -0.2) is 18.7 Å². The van der Waals surface area contributed by atoms with Gasteiger partial charge in [-0.1, -0.05) is 6.92 Å². The van der Waals surface area contributed by atoms with Gasteiger partial charge in [0.15, 0.2) is 0 Å². The highest BCUT2D eigenvalue weighted by Crippen LogP contribution is 2.17. The molecule has 1 aromatic rings. The summed E-state index contributed by atoms with van der Waals surface area (Å²) in [7, 11) is 0. The fourth-order valence-electron chi connectivity index (χ4n) is 1.56. The number of nitrogens with one attached hydrogen (secondary N) is 1.